The second-order valence-electron chi connectivity index (χ2n) is 2.94. The number of urea groups is 1. The molecule has 0 saturated heterocycles. The molecule has 1 heterocycles. The van der Waals surface area contributed by atoms with E-state index < -0.39 is 0 Å². The molecule has 0 saturated carbocycles. The Morgan fingerprint density at radius 2 is 2.36 bits per heavy atom. The molecule has 0 fully saturated rings. The topological polar surface area (TPSA) is 71.8 Å². The Labute approximate surface area is 82.7 Å². The standard InChI is InChI=1S/C8H15N5O/c1-3-4-9-8(14)10-5-7-11-6-13(2)12-7/h6H,3-5H2,1-2H3,(H2,9,10,14). The van der Waals surface area contributed by atoms with Crippen molar-refractivity contribution >= 4 is 6.03 Å². The molecule has 2 N–H and O–H groups in total. The molecule has 0 bridgehead atoms. The van der Waals surface area contributed by atoms with Gasteiger partial charge in [0.2, 0.25) is 0 Å². The molecule has 0 radical (unpaired) electrons. The molecule has 6 heteroatoms. The van der Waals surface area contributed by atoms with Crippen molar-refractivity contribution in [2.45, 2.75) is 19.9 Å². The molecule has 1 rings (SSSR count). The van der Waals surface area contributed by atoms with Crippen molar-refractivity contribution < 1.29 is 4.79 Å². The first kappa shape index (κ1) is 10.5. The lowest BCUT2D eigenvalue weighted by atomic mass is 10.5. The van der Waals surface area contributed by atoms with Gasteiger partial charge in [0.05, 0.1) is 6.54 Å². The summed E-state index contributed by atoms with van der Waals surface area (Å²) in [6, 6.07) is -0.181. The highest BCUT2D eigenvalue weighted by Gasteiger charge is 2.01. The summed E-state index contributed by atoms with van der Waals surface area (Å²) in [7, 11) is 1.79. The fraction of sp³-hybridized carbons (Fsp3) is 0.625. The third-order valence-corrected chi connectivity index (χ3v) is 1.59. The van der Waals surface area contributed by atoms with Crippen LogP contribution in [0.5, 0.6) is 0 Å². The molecule has 0 unspecified atom stereocenters. The van der Waals surface area contributed by atoms with E-state index in [0.717, 1.165) is 6.42 Å². The molecule has 0 aromatic carbocycles. The normalized spacial score (nSPS) is 9.86. The summed E-state index contributed by atoms with van der Waals surface area (Å²) in [5.74, 6) is 0.610. The summed E-state index contributed by atoms with van der Waals surface area (Å²) in [5, 5.41) is 9.38. The van der Waals surface area contributed by atoms with Crippen LogP contribution in [0.3, 0.4) is 0 Å². The van der Waals surface area contributed by atoms with Crippen LogP contribution in [0.4, 0.5) is 4.79 Å². The van der Waals surface area contributed by atoms with E-state index in [2.05, 4.69) is 20.7 Å². The number of hydrogen-bond acceptors (Lipinski definition) is 3. The lowest BCUT2D eigenvalue weighted by Crippen LogP contribution is -2.35. The van der Waals surface area contributed by atoms with Gasteiger partial charge in [0.1, 0.15) is 6.33 Å². The molecule has 0 aliphatic heterocycles. The van der Waals surface area contributed by atoms with E-state index >= 15 is 0 Å². The average molecular weight is 197 g/mol. The molecular weight excluding hydrogens is 182 g/mol. The predicted octanol–water partition coefficient (Wildman–Crippen LogP) is 0.0243. The summed E-state index contributed by atoms with van der Waals surface area (Å²) >= 11 is 0. The molecule has 78 valence electrons. The molecule has 0 aliphatic rings. The van der Waals surface area contributed by atoms with Crippen molar-refractivity contribution in [1.82, 2.24) is 25.4 Å². The van der Waals surface area contributed by atoms with Gasteiger partial charge in [-0.1, -0.05) is 6.92 Å². The molecule has 0 aliphatic carbocycles. The Hall–Kier alpha value is -1.59. The van der Waals surface area contributed by atoms with Crippen molar-refractivity contribution in [1.29, 1.82) is 0 Å². The van der Waals surface area contributed by atoms with Crippen LogP contribution in [0.25, 0.3) is 0 Å². The number of amides is 2. The van der Waals surface area contributed by atoms with Gasteiger partial charge in [-0.2, -0.15) is 5.10 Å². The van der Waals surface area contributed by atoms with Gasteiger partial charge in [0.25, 0.3) is 0 Å². The van der Waals surface area contributed by atoms with E-state index in [9.17, 15) is 4.79 Å². The Morgan fingerprint density at radius 1 is 1.57 bits per heavy atom. The van der Waals surface area contributed by atoms with Gasteiger partial charge in [0, 0.05) is 13.6 Å². The smallest absolute Gasteiger partial charge is 0.315 e. The molecule has 0 atom stereocenters. The summed E-state index contributed by atoms with van der Waals surface area (Å²) in [6.07, 6.45) is 2.52. The number of aryl methyl sites for hydroxylation is 1. The number of carbonyl (C=O) groups is 1. The van der Waals surface area contributed by atoms with Crippen molar-refractivity contribution in [3.63, 3.8) is 0 Å². The van der Waals surface area contributed by atoms with Crippen molar-refractivity contribution in [3.8, 4) is 0 Å². The number of carbonyl (C=O) groups excluding carboxylic acids is 1. The van der Waals surface area contributed by atoms with E-state index in [1.54, 1.807) is 18.1 Å². The van der Waals surface area contributed by atoms with Crippen LogP contribution in [-0.4, -0.2) is 27.3 Å². The number of rotatable bonds is 4. The number of nitrogens with one attached hydrogen (secondary N) is 2. The Kier molecular flexibility index (Phi) is 3.90. The summed E-state index contributed by atoms with van der Waals surface area (Å²) in [4.78, 5) is 15.1. The van der Waals surface area contributed by atoms with E-state index in [1.165, 1.54) is 0 Å². The fourth-order valence-corrected chi connectivity index (χ4v) is 0.925. The van der Waals surface area contributed by atoms with E-state index in [-0.39, 0.29) is 6.03 Å². The highest BCUT2D eigenvalue weighted by Crippen LogP contribution is 1.86. The van der Waals surface area contributed by atoms with Gasteiger partial charge in [-0.25, -0.2) is 9.78 Å². The number of hydrogen-bond donors (Lipinski definition) is 2. The maximum Gasteiger partial charge on any atom is 0.315 e. The first-order valence-corrected chi connectivity index (χ1v) is 4.58. The lowest BCUT2D eigenvalue weighted by molar-refractivity contribution is 0.240. The lowest BCUT2D eigenvalue weighted by Gasteiger charge is -2.03. The molecule has 14 heavy (non-hydrogen) atoms. The van der Waals surface area contributed by atoms with E-state index in [4.69, 9.17) is 0 Å². The summed E-state index contributed by atoms with van der Waals surface area (Å²) < 4.78 is 1.60. The highest BCUT2D eigenvalue weighted by atomic mass is 16.2. The van der Waals surface area contributed by atoms with Crippen LogP contribution < -0.4 is 10.6 Å². The van der Waals surface area contributed by atoms with Gasteiger partial charge in [0.15, 0.2) is 5.82 Å². The first-order chi connectivity index (χ1) is 6.72. The minimum absolute atomic E-state index is 0.181. The van der Waals surface area contributed by atoms with Crippen LogP contribution in [0.15, 0.2) is 6.33 Å². The van der Waals surface area contributed by atoms with Gasteiger partial charge in [-0.15, -0.1) is 0 Å². The highest BCUT2D eigenvalue weighted by molar-refractivity contribution is 5.73. The van der Waals surface area contributed by atoms with Gasteiger partial charge in [-0.05, 0) is 6.42 Å². The van der Waals surface area contributed by atoms with Crippen LogP contribution in [0, 0.1) is 0 Å². The molecule has 6 nitrogen and oxygen atoms in total. The number of nitrogens with zero attached hydrogens (tertiary/aromatic N) is 3. The quantitative estimate of drug-likeness (QED) is 0.715. The monoisotopic (exact) mass is 197 g/mol. The van der Waals surface area contributed by atoms with Gasteiger partial charge < -0.3 is 10.6 Å². The molecular formula is C8H15N5O. The largest absolute Gasteiger partial charge is 0.338 e. The summed E-state index contributed by atoms with van der Waals surface area (Å²) in [5.41, 5.74) is 0. The molecule has 1 aromatic rings. The molecule has 0 spiro atoms. The van der Waals surface area contributed by atoms with Crippen LogP contribution in [0.1, 0.15) is 19.2 Å². The Bertz CT molecular complexity index is 296. The third kappa shape index (κ3) is 3.42. The predicted molar refractivity (Wildman–Crippen MR) is 51.5 cm³/mol. The van der Waals surface area contributed by atoms with Crippen molar-refractivity contribution in [2.24, 2.45) is 7.05 Å². The van der Waals surface area contributed by atoms with Gasteiger partial charge in [-0.3, -0.25) is 4.68 Å². The third-order valence-electron chi connectivity index (χ3n) is 1.59. The minimum atomic E-state index is -0.181. The number of aromatic nitrogens is 3. The fourth-order valence-electron chi connectivity index (χ4n) is 0.925. The Balaban J connectivity index is 2.23. The van der Waals surface area contributed by atoms with Crippen LogP contribution >= 0.6 is 0 Å². The molecule has 1 aromatic heterocycles. The average Bonchev–Trinajstić information content (AvgIpc) is 2.58. The van der Waals surface area contributed by atoms with Crippen molar-refractivity contribution in [3.05, 3.63) is 12.2 Å². The maximum absolute atomic E-state index is 11.1. The zero-order valence-corrected chi connectivity index (χ0v) is 8.45. The summed E-state index contributed by atoms with van der Waals surface area (Å²) in [6.45, 7) is 3.04. The first-order valence-electron chi connectivity index (χ1n) is 4.58. The second-order valence-corrected chi connectivity index (χ2v) is 2.94. The van der Waals surface area contributed by atoms with Crippen LogP contribution in [-0.2, 0) is 13.6 Å². The van der Waals surface area contributed by atoms with Crippen LogP contribution in [0.2, 0.25) is 0 Å². The SMILES string of the molecule is CCCNC(=O)NCc1ncn(C)n1. The zero-order valence-electron chi connectivity index (χ0n) is 8.45. The second kappa shape index (κ2) is 5.21. The van der Waals surface area contributed by atoms with E-state index in [0.29, 0.717) is 18.9 Å². The minimum Gasteiger partial charge on any atom is -0.338 e. The Morgan fingerprint density at radius 3 is 2.93 bits per heavy atom. The molecule has 2 amide bonds. The van der Waals surface area contributed by atoms with E-state index in [1.807, 2.05) is 6.92 Å². The maximum atomic E-state index is 11.1. The van der Waals surface area contributed by atoms with Crippen molar-refractivity contribution in [2.75, 3.05) is 6.54 Å². The zero-order chi connectivity index (χ0) is 10.4. The van der Waals surface area contributed by atoms with Gasteiger partial charge >= 0.3 is 6.03 Å².